The molecule has 1 amide bonds. The van der Waals surface area contributed by atoms with Crippen molar-refractivity contribution in [3.05, 3.63) is 126 Å². The zero-order valence-corrected chi connectivity index (χ0v) is 18.6. The SMILES string of the molecule is O=C(Nc1cnn(Cc2cccc3ccccc23)c1)c1cccc(COc2ccc(F)cc2F)c1. The molecular weight excluding hydrogens is 448 g/mol. The lowest BCUT2D eigenvalue weighted by molar-refractivity contribution is 0.102. The van der Waals surface area contributed by atoms with Gasteiger partial charge in [0.2, 0.25) is 0 Å². The van der Waals surface area contributed by atoms with E-state index >= 15 is 0 Å². The maximum atomic E-state index is 13.8. The van der Waals surface area contributed by atoms with Crippen molar-refractivity contribution in [3.8, 4) is 5.75 Å². The van der Waals surface area contributed by atoms with Gasteiger partial charge in [-0.1, -0.05) is 54.6 Å². The Kier molecular flexibility index (Phi) is 6.22. The first-order valence-corrected chi connectivity index (χ1v) is 11.0. The Hall–Kier alpha value is -4.52. The van der Waals surface area contributed by atoms with Crippen LogP contribution in [0.1, 0.15) is 21.5 Å². The molecule has 1 heterocycles. The Morgan fingerprint density at radius 1 is 0.943 bits per heavy atom. The summed E-state index contributed by atoms with van der Waals surface area (Å²) in [5, 5.41) is 9.56. The molecule has 0 bridgehead atoms. The number of fused-ring (bicyclic) bond motifs is 1. The predicted octanol–water partition coefficient (Wildman–Crippen LogP) is 6.19. The largest absolute Gasteiger partial charge is 0.486 e. The van der Waals surface area contributed by atoms with Gasteiger partial charge in [0.25, 0.3) is 5.91 Å². The summed E-state index contributed by atoms with van der Waals surface area (Å²) in [6.07, 6.45) is 3.39. The number of hydrogen-bond acceptors (Lipinski definition) is 3. The third kappa shape index (κ3) is 5.19. The van der Waals surface area contributed by atoms with Gasteiger partial charge in [-0.15, -0.1) is 0 Å². The third-order valence-electron chi connectivity index (χ3n) is 5.58. The molecule has 7 heteroatoms. The molecule has 0 radical (unpaired) electrons. The Bertz CT molecular complexity index is 1510. The summed E-state index contributed by atoms with van der Waals surface area (Å²) in [7, 11) is 0. The van der Waals surface area contributed by atoms with Crippen molar-refractivity contribution >= 4 is 22.4 Å². The van der Waals surface area contributed by atoms with Gasteiger partial charge in [0, 0.05) is 17.8 Å². The topological polar surface area (TPSA) is 56.2 Å². The van der Waals surface area contributed by atoms with Crippen LogP contribution >= 0.6 is 0 Å². The summed E-state index contributed by atoms with van der Waals surface area (Å²) in [4.78, 5) is 12.8. The average Bonchev–Trinajstić information content (AvgIpc) is 3.30. The lowest BCUT2D eigenvalue weighted by Crippen LogP contribution is -2.12. The fraction of sp³-hybridized carbons (Fsp3) is 0.0714. The molecule has 35 heavy (non-hydrogen) atoms. The molecule has 0 fully saturated rings. The summed E-state index contributed by atoms with van der Waals surface area (Å²) < 4.78 is 34.1. The molecule has 0 saturated carbocycles. The van der Waals surface area contributed by atoms with Crippen LogP contribution in [0.4, 0.5) is 14.5 Å². The van der Waals surface area contributed by atoms with Gasteiger partial charge in [-0.2, -0.15) is 5.10 Å². The van der Waals surface area contributed by atoms with E-state index in [4.69, 9.17) is 4.74 Å². The van der Waals surface area contributed by atoms with E-state index in [0.717, 1.165) is 28.5 Å². The Balaban J connectivity index is 1.24. The van der Waals surface area contributed by atoms with Crippen molar-refractivity contribution in [1.29, 1.82) is 0 Å². The molecule has 0 spiro atoms. The van der Waals surface area contributed by atoms with Crippen LogP contribution in [0, 0.1) is 11.6 Å². The first kappa shape index (κ1) is 22.3. The summed E-state index contributed by atoms with van der Waals surface area (Å²) in [5.74, 6) is -1.81. The van der Waals surface area contributed by atoms with E-state index in [1.807, 2.05) is 18.2 Å². The lowest BCUT2D eigenvalue weighted by atomic mass is 10.0. The molecule has 0 atom stereocenters. The molecule has 0 saturated heterocycles. The molecule has 5 aromatic rings. The molecule has 0 aliphatic heterocycles. The van der Waals surface area contributed by atoms with Crippen LogP contribution in [-0.4, -0.2) is 15.7 Å². The van der Waals surface area contributed by atoms with E-state index in [1.165, 1.54) is 6.07 Å². The zero-order valence-electron chi connectivity index (χ0n) is 18.6. The fourth-order valence-electron chi connectivity index (χ4n) is 3.88. The van der Waals surface area contributed by atoms with E-state index in [0.29, 0.717) is 23.4 Å². The van der Waals surface area contributed by atoms with E-state index in [1.54, 1.807) is 41.3 Å². The first-order valence-electron chi connectivity index (χ1n) is 11.0. The van der Waals surface area contributed by atoms with Gasteiger partial charge in [0.05, 0.1) is 18.4 Å². The number of benzene rings is 4. The molecular formula is C28H21F2N3O2. The van der Waals surface area contributed by atoms with Crippen molar-refractivity contribution in [2.75, 3.05) is 5.32 Å². The molecule has 0 aliphatic carbocycles. The molecule has 1 aromatic heterocycles. The van der Waals surface area contributed by atoms with Gasteiger partial charge in [0.1, 0.15) is 12.4 Å². The molecule has 0 unspecified atom stereocenters. The number of amides is 1. The van der Waals surface area contributed by atoms with Crippen LogP contribution < -0.4 is 10.1 Å². The molecule has 5 rings (SSSR count). The highest BCUT2D eigenvalue weighted by atomic mass is 19.1. The number of nitrogens with one attached hydrogen (secondary N) is 1. The number of hydrogen-bond donors (Lipinski definition) is 1. The van der Waals surface area contributed by atoms with Gasteiger partial charge in [0.15, 0.2) is 11.6 Å². The molecule has 0 aliphatic rings. The van der Waals surface area contributed by atoms with Crippen molar-refractivity contribution in [1.82, 2.24) is 9.78 Å². The predicted molar refractivity (Wildman–Crippen MR) is 130 cm³/mol. The van der Waals surface area contributed by atoms with Crippen LogP contribution in [0.3, 0.4) is 0 Å². The van der Waals surface area contributed by atoms with E-state index in [9.17, 15) is 13.6 Å². The minimum Gasteiger partial charge on any atom is -0.486 e. The minimum absolute atomic E-state index is 0.0344. The number of aromatic nitrogens is 2. The quantitative estimate of drug-likeness (QED) is 0.309. The highest BCUT2D eigenvalue weighted by Crippen LogP contribution is 2.21. The molecule has 5 nitrogen and oxygen atoms in total. The van der Waals surface area contributed by atoms with Gasteiger partial charge < -0.3 is 10.1 Å². The van der Waals surface area contributed by atoms with E-state index < -0.39 is 11.6 Å². The lowest BCUT2D eigenvalue weighted by Gasteiger charge is -2.09. The number of anilines is 1. The first-order chi connectivity index (χ1) is 17.0. The third-order valence-corrected chi connectivity index (χ3v) is 5.58. The van der Waals surface area contributed by atoms with Gasteiger partial charge >= 0.3 is 0 Å². The van der Waals surface area contributed by atoms with Crippen LogP contribution in [0.2, 0.25) is 0 Å². The van der Waals surface area contributed by atoms with Gasteiger partial charge in [-0.3, -0.25) is 9.48 Å². The summed E-state index contributed by atoms with van der Waals surface area (Å²) in [5.41, 5.74) is 2.81. The minimum atomic E-state index is -0.778. The number of carbonyl (C=O) groups is 1. The van der Waals surface area contributed by atoms with Gasteiger partial charge in [-0.25, -0.2) is 8.78 Å². The standard InChI is InChI=1S/C28H21F2N3O2/c29-23-11-12-27(26(30)14-23)35-18-19-5-3-8-21(13-19)28(34)32-24-15-31-33(17-24)16-22-9-4-7-20-6-1-2-10-25(20)22/h1-15,17H,16,18H2,(H,32,34). The zero-order chi connectivity index (χ0) is 24.2. The Morgan fingerprint density at radius 2 is 1.77 bits per heavy atom. The maximum Gasteiger partial charge on any atom is 0.255 e. The van der Waals surface area contributed by atoms with Crippen LogP contribution in [0.25, 0.3) is 10.8 Å². The Morgan fingerprint density at radius 3 is 2.66 bits per heavy atom. The van der Waals surface area contributed by atoms with Crippen molar-refractivity contribution in [3.63, 3.8) is 0 Å². The van der Waals surface area contributed by atoms with E-state index in [-0.39, 0.29) is 18.3 Å². The monoisotopic (exact) mass is 469 g/mol. The maximum absolute atomic E-state index is 13.8. The summed E-state index contributed by atoms with van der Waals surface area (Å²) >= 11 is 0. The van der Waals surface area contributed by atoms with Crippen molar-refractivity contribution in [2.45, 2.75) is 13.2 Å². The summed E-state index contributed by atoms with van der Waals surface area (Å²) in [6.45, 7) is 0.608. The number of ether oxygens (including phenoxy) is 1. The molecule has 4 aromatic carbocycles. The normalized spacial score (nSPS) is 10.9. The Labute approximate surface area is 200 Å². The number of carbonyl (C=O) groups excluding carboxylic acids is 1. The number of nitrogens with zero attached hydrogens (tertiary/aromatic N) is 2. The van der Waals surface area contributed by atoms with Crippen molar-refractivity contribution < 1.29 is 18.3 Å². The highest BCUT2D eigenvalue weighted by molar-refractivity contribution is 6.04. The second kappa shape index (κ2) is 9.77. The summed E-state index contributed by atoms with van der Waals surface area (Å²) in [6, 6.07) is 24.3. The average molecular weight is 469 g/mol. The van der Waals surface area contributed by atoms with Crippen molar-refractivity contribution in [2.24, 2.45) is 0 Å². The number of rotatable bonds is 7. The second-order valence-electron chi connectivity index (χ2n) is 8.08. The second-order valence-corrected chi connectivity index (χ2v) is 8.08. The fourth-order valence-corrected chi connectivity index (χ4v) is 3.88. The van der Waals surface area contributed by atoms with Gasteiger partial charge in [-0.05, 0) is 46.2 Å². The smallest absolute Gasteiger partial charge is 0.255 e. The highest BCUT2D eigenvalue weighted by Gasteiger charge is 2.11. The van der Waals surface area contributed by atoms with Crippen LogP contribution in [0.5, 0.6) is 5.75 Å². The van der Waals surface area contributed by atoms with Crippen LogP contribution in [0.15, 0.2) is 97.3 Å². The number of halogens is 2. The molecule has 1 N–H and O–H groups in total. The van der Waals surface area contributed by atoms with E-state index in [2.05, 4.69) is 34.7 Å². The molecule has 174 valence electrons. The van der Waals surface area contributed by atoms with Crippen LogP contribution in [-0.2, 0) is 13.2 Å².